The van der Waals surface area contributed by atoms with Crippen molar-refractivity contribution < 1.29 is 13.2 Å². The molecule has 0 unspecified atom stereocenters. The Balaban J connectivity index is 4.84. The van der Waals surface area contributed by atoms with Gasteiger partial charge in [0.05, 0.1) is 0 Å². The van der Waals surface area contributed by atoms with Crippen LogP contribution >= 0.6 is 0 Å². The van der Waals surface area contributed by atoms with Crippen LogP contribution < -0.4 is 0 Å². The van der Waals surface area contributed by atoms with Crippen molar-refractivity contribution in [2.45, 2.75) is 38.9 Å². The Morgan fingerprint density at radius 1 is 0.917 bits per heavy atom. The predicted octanol–water partition coefficient (Wildman–Crippen LogP) is 4.11. The average Bonchev–Trinajstić information content (AvgIpc) is 2.08. The average molecular weight is 196 g/mol. The summed E-state index contributed by atoms with van der Waals surface area (Å²) in [5, 5.41) is 0. The summed E-state index contributed by atoms with van der Waals surface area (Å²) in [5.74, 6) is 0. The van der Waals surface area contributed by atoms with Crippen LogP contribution in [0.1, 0.15) is 20.8 Å². The van der Waals surface area contributed by atoms with Gasteiger partial charge in [0.15, 0.2) is 0 Å². The Morgan fingerprint density at radius 2 is 1.25 bits per heavy atom. The normalized spacial score (nSPS) is 11.5. The second-order valence-electron chi connectivity index (χ2n) is 2.92. The fourth-order valence-electron chi connectivity index (χ4n) is 1.42. The Bertz CT molecular complexity index is 161. The quantitative estimate of drug-likeness (QED) is 0.593. The first kappa shape index (κ1) is 11.7. The molecular formula is C8H15F3Si. The first-order chi connectivity index (χ1) is 5.54. The molecule has 0 heterocycles. The summed E-state index contributed by atoms with van der Waals surface area (Å²) in [6.07, 6.45) is -2.10. The van der Waals surface area contributed by atoms with E-state index >= 15 is 0 Å². The van der Waals surface area contributed by atoms with Gasteiger partial charge in [0.1, 0.15) is 13.5 Å². The number of hydrogen-bond donors (Lipinski definition) is 0. The van der Waals surface area contributed by atoms with E-state index in [-0.39, 0.29) is 0 Å². The summed E-state index contributed by atoms with van der Waals surface area (Å²) < 4.78 is 37.1. The molecule has 0 spiro atoms. The monoisotopic (exact) mass is 196 g/mol. The van der Waals surface area contributed by atoms with E-state index in [1.807, 2.05) is 0 Å². The first-order valence-corrected chi connectivity index (χ1v) is 6.87. The van der Waals surface area contributed by atoms with Gasteiger partial charge in [0.25, 0.3) is 6.08 Å². The zero-order chi connectivity index (χ0) is 9.78. The molecule has 0 bridgehead atoms. The molecular weight excluding hydrogens is 181 g/mol. The van der Waals surface area contributed by atoms with Crippen molar-refractivity contribution in [2.24, 2.45) is 0 Å². The SMILES string of the molecule is CC[Si](CC)(CC)C(F)=C(F)F. The maximum atomic E-state index is 13.0. The van der Waals surface area contributed by atoms with E-state index in [2.05, 4.69) is 0 Å². The molecule has 0 saturated carbocycles. The standard InChI is InChI=1S/C8H15F3Si/c1-4-12(5-2,6-3)8(11)7(9)10/h4-6H2,1-3H3. The van der Waals surface area contributed by atoms with Gasteiger partial charge in [0, 0.05) is 0 Å². The Kier molecular flexibility index (Phi) is 4.60. The van der Waals surface area contributed by atoms with Crippen molar-refractivity contribution in [3.05, 3.63) is 11.5 Å². The van der Waals surface area contributed by atoms with Gasteiger partial charge in [-0.3, -0.25) is 0 Å². The van der Waals surface area contributed by atoms with E-state index in [4.69, 9.17) is 0 Å². The Morgan fingerprint density at radius 3 is 1.33 bits per heavy atom. The molecule has 0 N–H and O–H groups in total. The van der Waals surface area contributed by atoms with E-state index in [0.29, 0.717) is 18.1 Å². The van der Waals surface area contributed by atoms with E-state index in [9.17, 15) is 13.2 Å². The van der Waals surface area contributed by atoms with Crippen molar-refractivity contribution in [1.82, 2.24) is 0 Å². The lowest BCUT2D eigenvalue weighted by Crippen LogP contribution is -2.33. The Hall–Kier alpha value is -0.253. The summed E-state index contributed by atoms with van der Waals surface area (Å²) in [6.45, 7) is 5.38. The van der Waals surface area contributed by atoms with Crippen LogP contribution in [0.2, 0.25) is 18.1 Å². The van der Waals surface area contributed by atoms with Crippen LogP contribution in [0.4, 0.5) is 13.2 Å². The van der Waals surface area contributed by atoms with Crippen molar-refractivity contribution in [3.63, 3.8) is 0 Å². The fourth-order valence-corrected chi connectivity index (χ4v) is 4.25. The number of halogens is 3. The topological polar surface area (TPSA) is 0 Å². The van der Waals surface area contributed by atoms with Crippen LogP contribution in [0.15, 0.2) is 11.5 Å². The minimum absolute atomic E-state index is 0.559. The highest BCUT2D eigenvalue weighted by molar-refractivity contribution is 6.85. The second kappa shape index (κ2) is 4.69. The molecule has 4 heteroatoms. The molecule has 0 aliphatic rings. The van der Waals surface area contributed by atoms with Crippen molar-refractivity contribution in [3.8, 4) is 0 Å². The first-order valence-electron chi connectivity index (χ1n) is 4.25. The van der Waals surface area contributed by atoms with Crippen LogP contribution in [0.25, 0.3) is 0 Å². The summed E-state index contributed by atoms with van der Waals surface area (Å²) in [7, 11) is -2.42. The minimum Gasteiger partial charge on any atom is -0.212 e. The van der Waals surface area contributed by atoms with Gasteiger partial charge in [-0.2, -0.15) is 8.78 Å². The highest BCUT2D eigenvalue weighted by Crippen LogP contribution is 2.32. The molecule has 0 rings (SSSR count). The largest absolute Gasteiger partial charge is 0.296 e. The van der Waals surface area contributed by atoms with Crippen LogP contribution in [0.5, 0.6) is 0 Å². The van der Waals surface area contributed by atoms with Gasteiger partial charge < -0.3 is 0 Å². The zero-order valence-electron chi connectivity index (χ0n) is 7.76. The van der Waals surface area contributed by atoms with Crippen molar-refractivity contribution in [2.75, 3.05) is 0 Å². The van der Waals surface area contributed by atoms with Gasteiger partial charge in [-0.1, -0.05) is 38.9 Å². The van der Waals surface area contributed by atoms with Gasteiger partial charge in [-0.05, 0) is 0 Å². The Labute approximate surface area is 72.5 Å². The molecule has 0 aromatic heterocycles. The number of rotatable bonds is 4. The fraction of sp³-hybridized carbons (Fsp3) is 0.750. The zero-order valence-corrected chi connectivity index (χ0v) is 8.76. The second-order valence-corrected chi connectivity index (χ2v) is 8.04. The van der Waals surface area contributed by atoms with Crippen LogP contribution in [-0.2, 0) is 0 Å². The highest BCUT2D eigenvalue weighted by atomic mass is 28.3. The molecule has 0 radical (unpaired) electrons. The molecule has 0 saturated heterocycles. The van der Waals surface area contributed by atoms with Crippen LogP contribution in [0, 0.1) is 0 Å². The van der Waals surface area contributed by atoms with Gasteiger partial charge in [-0.15, -0.1) is 0 Å². The third-order valence-corrected chi connectivity index (χ3v) is 7.84. The highest BCUT2D eigenvalue weighted by Gasteiger charge is 2.35. The molecule has 0 aromatic carbocycles. The molecule has 0 aromatic rings. The minimum atomic E-state index is -2.42. The molecule has 0 aliphatic carbocycles. The number of hydrogen-bond acceptors (Lipinski definition) is 0. The van der Waals surface area contributed by atoms with E-state index in [1.54, 1.807) is 20.8 Å². The maximum absolute atomic E-state index is 13.0. The third kappa shape index (κ3) is 2.12. The summed E-state index contributed by atoms with van der Waals surface area (Å²) >= 11 is 0. The van der Waals surface area contributed by atoms with E-state index in [0.717, 1.165) is 0 Å². The molecule has 0 amide bonds. The van der Waals surface area contributed by atoms with Crippen LogP contribution in [-0.4, -0.2) is 8.07 Å². The lowest BCUT2D eigenvalue weighted by molar-refractivity contribution is 0.390. The molecule has 0 aliphatic heterocycles. The lowest BCUT2D eigenvalue weighted by atomic mass is 10.9. The summed E-state index contributed by atoms with van der Waals surface area (Å²) in [5.41, 5.74) is -1.09. The predicted molar refractivity (Wildman–Crippen MR) is 47.5 cm³/mol. The smallest absolute Gasteiger partial charge is 0.212 e. The summed E-state index contributed by atoms with van der Waals surface area (Å²) in [6, 6.07) is 1.68. The van der Waals surface area contributed by atoms with Crippen LogP contribution in [0.3, 0.4) is 0 Å². The molecule has 72 valence electrons. The van der Waals surface area contributed by atoms with E-state index in [1.165, 1.54) is 0 Å². The molecule has 0 fully saturated rings. The van der Waals surface area contributed by atoms with Crippen molar-refractivity contribution in [1.29, 1.82) is 0 Å². The van der Waals surface area contributed by atoms with Gasteiger partial charge in [-0.25, -0.2) is 4.39 Å². The van der Waals surface area contributed by atoms with Gasteiger partial charge >= 0.3 is 0 Å². The van der Waals surface area contributed by atoms with Crippen molar-refractivity contribution >= 4 is 8.07 Å². The van der Waals surface area contributed by atoms with E-state index < -0.39 is 19.6 Å². The molecule has 0 nitrogen and oxygen atoms in total. The maximum Gasteiger partial charge on any atom is 0.296 e. The lowest BCUT2D eigenvalue weighted by Gasteiger charge is -2.24. The summed E-state index contributed by atoms with van der Waals surface area (Å²) in [4.78, 5) is 0. The third-order valence-electron chi connectivity index (χ3n) is 2.66. The molecule has 0 atom stereocenters. The van der Waals surface area contributed by atoms with Gasteiger partial charge in [0.2, 0.25) is 0 Å². The molecule has 12 heavy (non-hydrogen) atoms.